The van der Waals surface area contributed by atoms with E-state index in [0.717, 1.165) is 38.3 Å². The van der Waals surface area contributed by atoms with E-state index in [9.17, 15) is 0 Å². The first-order chi connectivity index (χ1) is 24.2. The largest absolute Gasteiger partial charge is 0.455 e. The molecule has 7 aromatic carbocycles. The maximum atomic E-state index is 9.16. The Morgan fingerprint density at radius 2 is 1.30 bits per heavy atom. The molecule has 9 aromatic rings. The Kier molecular flexibility index (Phi) is 3.90. The summed E-state index contributed by atoms with van der Waals surface area (Å²) in [4.78, 5) is 9.75. The van der Waals surface area contributed by atoms with Gasteiger partial charge >= 0.3 is 0 Å². The van der Waals surface area contributed by atoms with Crippen LogP contribution >= 0.6 is 0 Å². The summed E-state index contributed by atoms with van der Waals surface area (Å²) in [5, 5.41) is 4.25. The molecule has 43 heavy (non-hydrogen) atoms. The van der Waals surface area contributed by atoms with Crippen molar-refractivity contribution in [3.63, 3.8) is 0 Å². The van der Waals surface area contributed by atoms with Crippen LogP contribution in [0.3, 0.4) is 0 Å². The minimum atomic E-state index is -0.511. The van der Waals surface area contributed by atoms with Gasteiger partial charge in [-0.2, -0.15) is 0 Å². The van der Waals surface area contributed by atoms with Gasteiger partial charge in [0.2, 0.25) is 0 Å². The van der Waals surface area contributed by atoms with Gasteiger partial charge in [-0.3, -0.25) is 0 Å². The normalized spacial score (nSPS) is 14.0. The van der Waals surface area contributed by atoms with Crippen LogP contribution in [0.4, 0.5) is 0 Å². The van der Waals surface area contributed by atoms with Crippen LogP contribution in [0.15, 0.2) is 150 Å². The zero-order valence-electron chi connectivity index (χ0n) is 29.6. The van der Waals surface area contributed by atoms with Gasteiger partial charge in [0.05, 0.1) is 20.8 Å². The average Bonchev–Trinajstić information content (AvgIpc) is 3.52. The van der Waals surface area contributed by atoms with Crippen LogP contribution in [0.1, 0.15) is 9.60 Å². The number of furan rings is 1. The van der Waals surface area contributed by atoms with Crippen molar-refractivity contribution < 1.29 is 14.0 Å². The third-order valence-corrected chi connectivity index (χ3v) is 7.91. The molecule has 0 unspecified atom stereocenters. The van der Waals surface area contributed by atoms with Crippen LogP contribution in [-0.4, -0.2) is 9.97 Å². The summed E-state index contributed by atoms with van der Waals surface area (Å²) in [5.41, 5.74) is 5.05. The van der Waals surface area contributed by atoms with Crippen molar-refractivity contribution in [2.75, 3.05) is 0 Å². The fraction of sp³-hybridized carbons (Fsp3) is 0. The lowest BCUT2D eigenvalue weighted by Crippen LogP contribution is -1.95. The van der Waals surface area contributed by atoms with Crippen molar-refractivity contribution >= 4 is 54.4 Å². The molecular formula is C40H24N2O. The molecule has 0 saturated carbocycles. The van der Waals surface area contributed by atoms with Gasteiger partial charge in [-0.1, -0.05) is 115 Å². The monoisotopic (exact) mass is 555 g/mol. The molecule has 0 saturated heterocycles. The average molecular weight is 556 g/mol. The highest BCUT2D eigenvalue weighted by Crippen LogP contribution is 2.41. The molecule has 200 valence electrons. The summed E-state index contributed by atoms with van der Waals surface area (Å²) >= 11 is 0. The molecule has 0 aliphatic carbocycles. The van der Waals surface area contributed by atoms with Crippen molar-refractivity contribution in [2.45, 2.75) is 0 Å². The van der Waals surface area contributed by atoms with E-state index in [4.69, 9.17) is 24.0 Å². The molecule has 0 bridgehead atoms. The first-order valence-corrected chi connectivity index (χ1v) is 13.9. The third-order valence-electron chi connectivity index (χ3n) is 7.91. The number of aromatic nitrogens is 2. The van der Waals surface area contributed by atoms with Crippen LogP contribution < -0.4 is 0 Å². The Balaban J connectivity index is 1.29. The first-order valence-electron chi connectivity index (χ1n) is 17.4. The van der Waals surface area contributed by atoms with Gasteiger partial charge in [-0.15, -0.1) is 0 Å². The maximum absolute atomic E-state index is 9.16. The predicted octanol–water partition coefficient (Wildman–Crippen LogP) is 10.8. The Hall–Kier alpha value is -5.80. The predicted molar refractivity (Wildman–Crippen MR) is 178 cm³/mol. The molecule has 0 amide bonds. The Labute approximate surface area is 257 Å². The first kappa shape index (κ1) is 17.9. The number of hydrogen-bond acceptors (Lipinski definition) is 3. The highest BCUT2D eigenvalue weighted by Gasteiger charge is 2.17. The smallest absolute Gasteiger partial charge is 0.160 e. The van der Waals surface area contributed by atoms with Crippen molar-refractivity contribution in [3.8, 4) is 33.8 Å². The van der Waals surface area contributed by atoms with Gasteiger partial charge in [0, 0.05) is 32.7 Å². The molecule has 9 rings (SSSR count). The lowest BCUT2D eigenvalue weighted by Gasteiger charge is -2.10. The molecule has 0 fully saturated rings. The second-order valence-corrected chi connectivity index (χ2v) is 10.4. The number of rotatable bonds is 3. The SMILES string of the molecule is [2H]c1c([2H])c([2H])c2c([2H])c(-c3nc(-c4ccc5c(c4)oc4c6ccccc6c(-c6ccccc6)cc54)nc4ccccc34)c([2H])c([2H])c2c1[2H]. The summed E-state index contributed by atoms with van der Waals surface area (Å²) in [6, 6.07) is 30.7. The number of nitrogens with zero attached hydrogens (tertiary/aromatic N) is 2. The Morgan fingerprint density at radius 3 is 2.19 bits per heavy atom. The summed E-state index contributed by atoms with van der Waals surface area (Å²) in [6.45, 7) is 0. The highest BCUT2D eigenvalue weighted by atomic mass is 16.3. The number of fused-ring (bicyclic) bond motifs is 7. The van der Waals surface area contributed by atoms with Crippen molar-refractivity contribution in [1.29, 1.82) is 0 Å². The second-order valence-electron chi connectivity index (χ2n) is 10.4. The van der Waals surface area contributed by atoms with Gasteiger partial charge in [-0.25, -0.2) is 9.97 Å². The van der Waals surface area contributed by atoms with Gasteiger partial charge < -0.3 is 4.42 Å². The molecule has 0 aliphatic heterocycles. The van der Waals surface area contributed by atoms with E-state index in [1.807, 2.05) is 60.7 Å². The highest BCUT2D eigenvalue weighted by molar-refractivity contribution is 6.19. The van der Waals surface area contributed by atoms with E-state index < -0.39 is 30.2 Å². The zero-order valence-corrected chi connectivity index (χ0v) is 22.6. The maximum Gasteiger partial charge on any atom is 0.160 e. The lowest BCUT2D eigenvalue weighted by atomic mass is 9.95. The van der Waals surface area contributed by atoms with Crippen molar-refractivity contribution in [1.82, 2.24) is 9.97 Å². The fourth-order valence-electron chi connectivity index (χ4n) is 5.89. The van der Waals surface area contributed by atoms with Gasteiger partial charge in [0.1, 0.15) is 11.2 Å². The molecular weight excluding hydrogens is 524 g/mol. The molecule has 0 spiro atoms. The molecule has 0 radical (unpaired) electrons. The molecule has 3 nitrogen and oxygen atoms in total. The van der Waals surface area contributed by atoms with Crippen LogP contribution in [0.5, 0.6) is 0 Å². The minimum Gasteiger partial charge on any atom is -0.455 e. The van der Waals surface area contributed by atoms with Gasteiger partial charge in [0.25, 0.3) is 0 Å². The molecule has 2 heterocycles. The number of hydrogen-bond donors (Lipinski definition) is 0. The van der Waals surface area contributed by atoms with Crippen molar-refractivity contribution in [3.05, 3.63) is 145 Å². The second kappa shape index (κ2) is 9.37. The van der Waals surface area contributed by atoms with Crippen LogP contribution in [-0.2, 0) is 0 Å². The van der Waals surface area contributed by atoms with E-state index in [1.54, 1.807) is 12.1 Å². The summed E-state index contributed by atoms with van der Waals surface area (Å²) in [6.07, 6.45) is 0. The Bertz CT molecular complexity index is 2910. The van der Waals surface area contributed by atoms with Crippen LogP contribution in [0.2, 0.25) is 0 Å². The quantitative estimate of drug-likeness (QED) is 0.218. The van der Waals surface area contributed by atoms with E-state index in [0.29, 0.717) is 27.9 Å². The van der Waals surface area contributed by atoms with Gasteiger partial charge in [-0.05, 0) is 57.6 Å². The van der Waals surface area contributed by atoms with E-state index in [-0.39, 0.29) is 34.1 Å². The summed E-state index contributed by atoms with van der Waals surface area (Å²) in [5.74, 6) is 0.316. The van der Waals surface area contributed by atoms with E-state index in [2.05, 4.69) is 30.3 Å². The van der Waals surface area contributed by atoms with E-state index in [1.165, 1.54) is 0 Å². The lowest BCUT2D eigenvalue weighted by molar-refractivity contribution is 0.673. The number of benzene rings is 7. The minimum absolute atomic E-state index is 0.00268. The molecule has 0 N–H and O–H groups in total. The van der Waals surface area contributed by atoms with Crippen LogP contribution in [0, 0.1) is 0 Å². The molecule has 0 aliphatic rings. The van der Waals surface area contributed by atoms with Crippen molar-refractivity contribution in [2.24, 2.45) is 0 Å². The standard InChI is InChI=1S/C40H24N2O/c1-2-11-26(12-3-1)34-24-35-31-21-20-29(23-37(31)43-39(35)32-15-7-6-14-30(32)34)40-41-36-17-9-8-16-33(36)38(42-40)28-19-18-25-10-4-5-13-27(25)22-28/h1-24H/i4D,5D,10D,13D,18D,19D,22D. The molecule has 2 aromatic heterocycles. The zero-order chi connectivity index (χ0) is 34.4. The fourth-order valence-corrected chi connectivity index (χ4v) is 5.89. The molecule has 3 heteroatoms. The Morgan fingerprint density at radius 1 is 0.535 bits per heavy atom. The van der Waals surface area contributed by atoms with Crippen LogP contribution in [0.25, 0.3) is 88.2 Å². The van der Waals surface area contributed by atoms with E-state index >= 15 is 0 Å². The third kappa shape index (κ3) is 3.83. The number of para-hydroxylation sites is 1. The topological polar surface area (TPSA) is 38.9 Å². The summed E-state index contributed by atoms with van der Waals surface area (Å²) < 4.78 is 66.8. The molecule has 0 atom stereocenters. The van der Waals surface area contributed by atoms with Gasteiger partial charge in [0.15, 0.2) is 5.82 Å². The summed E-state index contributed by atoms with van der Waals surface area (Å²) in [7, 11) is 0.